The van der Waals surface area contributed by atoms with Gasteiger partial charge in [-0.2, -0.15) is 0 Å². The summed E-state index contributed by atoms with van der Waals surface area (Å²) in [4.78, 5) is 14.5. The van der Waals surface area contributed by atoms with Gasteiger partial charge < -0.3 is 14.1 Å². The molecule has 0 bridgehead atoms. The van der Waals surface area contributed by atoms with E-state index < -0.39 is 0 Å². The molecular formula is C24H21Cl2N3O3. The Labute approximate surface area is 196 Å². The quantitative estimate of drug-likeness (QED) is 0.425. The molecule has 0 saturated heterocycles. The largest absolute Gasteiger partial charge is 0.488 e. The summed E-state index contributed by atoms with van der Waals surface area (Å²) in [5, 5.41) is 9.31. The van der Waals surface area contributed by atoms with E-state index in [-0.39, 0.29) is 18.5 Å². The first-order valence-corrected chi connectivity index (χ1v) is 10.8. The molecule has 2 heterocycles. The maximum Gasteiger partial charge on any atom is 0.249 e. The lowest BCUT2D eigenvalue weighted by atomic mass is 10.1. The minimum Gasteiger partial charge on any atom is -0.488 e. The molecule has 2 aromatic carbocycles. The van der Waals surface area contributed by atoms with Crippen molar-refractivity contribution in [3.05, 3.63) is 81.7 Å². The number of carbonyl (C=O) groups excluding carboxylic acids is 1. The van der Waals surface area contributed by atoms with Gasteiger partial charge in [0.2, 0.25) is 17.7 Å². The van der Waals surface area contributed by atoms with Crippen LogP contribution in [0.1, 0.15) is 25.3 Å². The van der Waals surface area contributed by atoms with Crippen LogP contribution in [0.15, 0.2) is 64.6 Å². The van der Waals surface area contributed by atoms with E-state index in [4.69, 9.17) is 32.4 Å². The van der Waals surface area contributed by atoms with E-state index in [1.165, 1.54) is 6.08 Å². The van der Waals surface area contributed by atoms with Crippen LogP contribution in [0.3, 0.4) is 0 Å². The fourth-order valence-electron chi connectivity index (χ4n) is 3.26. The molecule has 3 aromatic rings. The molecule has 0 radical (unpaired) electrons. The second-order valence-corrected chi connectivity index (χ2v) is 8.41. The maximum atomic E-state index is 12.9. The van der Waals surface area contributed by atoms with Crippen molar-refractivity contribution >= 4 is 35.2 Å². The molecule has 1 aromatic heterocycles. The van der Waals surface area contributed by atoms with E-state index in [2.05, 4.69) is 10.2 Å². The molecule has 4 rings (SSSR count). The summed E-state index contributed by atoms with van der Waals surface area (Å²) in [5.74, 6) is 1.25. The van der Waals surface area contributed by atoms with Gasteiger partial charge in [-0.3, -0.25) is 4.79 Å². The molecule has 164 valence electrons. The molecule has 0 fully saturated rings. The predicted molar refractivity (Wildman–Crippen MR) is 124 cm³/mol. The number of aromatic nitrogens is 2. The van der Waals surface area contributed by atoms with Crippen molar-refractivity contribution in [2.24, 2.45) is 0 Å². The third kappa shape index (κ3) is 5.03. The fourth-order valence-corrected chi connectivity index (χ4v) is 3.66. The molecule has 0 saturated carbocycles. The summed E-state index contributed by atoms with van der Waals surface area (Å²) in [6.07, 6.45) is 5.24. The SMILES string of the molecule is CC(C)N(Cc1nnc(-c2ccccc2Cl)o1)C(=O)/C=C/C1=Cc2cc(Cl)ccc2OC1. The van der Waals surface area contributed by atoms with Crippen molar-refractivity contribution in [3.63, 3.8) is 0 Å². The number of rotatable bonds is 6. The van der Waals surface area contributed by atoms with Crippen LogP contribution < -0.4 is 4.74 Å². The van der Waals surface area contributed by atoms with Crippen LogP contribution >= 0.6 is 23.2 Å². The van der Waals surface area contributed by atoms with E-state index in [1.807, 2.05) is 44.2 Å². The Kier molecular flexibility index (Phi) is 6.63. The van der Waals surface area contributed by atoms with Crippen LogP contribution in [-0.2, 0) is 11.3 Å². The van der Waals surface area contributed by atoms with E-state index in [9.17, 15) is 4.79 Å². The van der Waals surface area contributed by atoms with E-state index >= 15 is 0 Å². The molecule has 1 aliphatic heterocycles. The highest BCUT2D eigenvalue weighted by molar-refractivity contribution is 6.33. The molecular weight excluding hydrogens is 449 g/mol. The van der Waals surface area contributed by atoms with Crippen LogP contribution in [0, 0.1) is 0 Å². The van der Waals surface area contributed by atoms with E-state index in [0.717, 1.165) is 16.9 Å². The zero-order valence-electron chi connectivity index (χ0n) is 17.6. The number of fused-ring (bicyclic) bond motifs is 1. The molecule has 1 aliphatic rings. The molecule has 32 heavy (non-hydrogen) atoms. The molecule has 8 heteroatoms. The topological polar surface area (TPSA) is 68.5 Å². The second-order valence-electron chi connectivity index (χ2n) is 7.56. The number of halogens is 2. The summed E-state index contributed by atoms with van der Waals surface area (Å²) in [7, 11) is 0. The number of nitrogens with zero attached hydrogens (tertiary/aromatic N) is 3. The van der Waals surface area contributed by atoms with Crippen molar-refractivity contribution in [1.29, 1.82) is 0 Å². The first kappa shape index (κ1) is 22.1. The Morgan fingerprint density at radius 2 is 2.00 bits per heavy atom. The normalized spacial score (nSPS) is 13.1. The standard InChI is InChI=1S/C24H21Cl2N3O3/c1-15(2)29(13-22-27-28-24(32-22)19-5-3-4-6-20(19)26)23(30)10-7-16-11-17-12-18(25)8-9-21(17)31-14-16/h3-12,15H,13-14H2,1-2H3/b10-7+. The van der Waals surface area contributed by atoms with Gasteiger partial charge in [-0.1, -0.05) is 41.4 Å². The molecule has 0 aliphatic carbocycles. The van der Waals surface area contributed by atoms with Crippen LogP contribution in [0.25, 0.3) is 17.5 Å². The second kappa shape index (κ2) is 9.59. The van der Waals surface area contributed by atoms with Crippen molar-refractivity contribution < 1.29 is 13.9 Å². The van der Waals surface area contributed by atoms with Gasteiger partial charge in [-0.25, -0.2) is 0 Å². The summed E-state index contributed by atoms with van der Waals surface area (Å²) < 4.78 is 11.5. The molecule has 0 atom stereocenters. The zero-order valence-corrected chi connectivity index (χ0v) is 19.1. The highest BCUT2D eigenvalue weighted by Gasteiger charge is 2.20. The maximum absolute atomic E-state index is 12.9. The summed E-state index contributed by atoms with van der Waals surface area (Å²) in [6, 6.07) is 12.6. The third-order valence-electron chi connectivity index (χ3n) is 4.93. The van der Waals surface area contributed by atoms with Gasteiger partial charge in [0.25, 0.3) is 0 Å². The summed E-state index contributed by atoms with van der Waals surface area (Å²) in [5.41, 5.74) is 2.41. The van der Waals surface area contributed by atoms with Gasteiger partial charge in [0, 0.05) is 22.7 Å². The van der Waals surface area contributed by atoms with Crippen LogP contribution in [0.5, 0.6) is 5.75 Å². The number of hydrogen-bond acceptors (Lipinski definition) is 5. The Hall–Kier alpha value is -3.09. The lowest BCUT2D eigenvalue weighted by molar-refractivity contribution is -0.128. The average molecular weight is 470 g/mol. The van der Waals surface area contributed by atoms with E-state index in [1.54, 1.807) is 29.2 Å². The number of ether oxygens (including phenoxy) is 1. The van der Waals surface area contributed by atoms with Crippen molar-refractivity contribution in [1.82, 2.24) is 15.1 Å². The first-order chi connectivity index (χ1) is 15.4. The molecule has 1 amide bonds. The molecule has 0 spiro atoms. The zero-order chi connectivity index (χ0) is 22.7. The van der Waals surface area contributed by atoms with E-state index in [0.29, 0.717) is 34.0 Å². The van der Waals surface area contributed by atoms with Gasteiger partial charge in [0.15, 0.2) is 0 Å². The first-order valence-electron chi connectivity index (χ1n) is 10.1. The lowest BCUT2D eigenvalue weighted by Gasteiger charge is -2.24. The fraction of sp³-hybridized carbons (Fsp3) is 0.208. The van der Waals surface area contributed by atoms with Crippen LogP contribution in [-0.4, -0.2) is 33.7 Å². The lowest BCUT2D eigenvalue weighted by Crippen LogP contribution is -2.35. The highest BCUT2D eigenvalue weighted by atomic mass is 35.5. The Morgan fingerprint density at radius 1 is 1.19 bits per heavy atom. The number of hydrogen-bond donors (Lipinski definition) is 0. The predicted octanol–water partition coefficient (Wildman–Crippen LogP) is 5.81. The minimum atomic E-state index is -0.171. The van der Waals surface area contributed by atoms with Crippen molar-refractivity contribution in [2.75, 3.05) is 6.61 Å². The van der Waals surface area contributed by atoms with Crippen LogP contribution in [0.4, 0.5) is 0 Å². The number of carbonyl (C=O) groups is 1. The molecule has 0 N–H and O–H groups in total. The van der Waals surface area contributed by atoms with Crippen molar-refractivity contribution in [3.8, 4) is 17.2 Å². The smallest absolute Gasteiger partial charge is 0.249 e. The Balaban J connectivity index is 1.48. The molecule has 0 unspecified atom stereocenters. The Bertz CT molecular complexity index is 1200. The van der Waals surface area contributed by atoms with Crippen molar-refractivity contribution in [2.45, 2.75) is 26.4 Å². The van der Waals surface area contributed by atoms with Crippen LogP contribution in [0.2, 0.25) is 10.0 Å². The monoisotopic (exact) mass is 469 g/mol. The third-order valence-corrected chi connectivity index (χ3v) is 5.49. The highest BCUT2D eigenvalue weighted by Crippen LogP contribution is 2.29. The van der Waals surface area contributed by atoms with Gasteiger partial charge in [-0.05, 0) is 55.8 Å². The molecule has 6 nitrogen and oxygen atoms in total. The van der Waals surface area contributed by atoms with Gasteiger partial charge in [0.1, 0.15) is 12.4 Å². The number of benzene rings is 2. The average Bonchev–Trinajstić information content (AvgIpc) is 3.24. The summed E-state index contributed by atoms with van der Waals surface area (Å²) in [6.45, 7) is 4.42. The van der Waals surface area contributed by atoms with Gasteiger partial charge in [0.05, 0.1) is 17.1 Å². The summed E-state index contributed by atoms with van der Waals surface area (Å²) >= 11 is 12.3. The Morgan fingerprint density at radius 3 is 2.78 bits per heavy atom. The van der Waals surface area contributed by atoms with Gasteiger partial charge >= 0.3 is 0 Å². The minimum absolute atomic E-state index is 0.0704. The van der Waals surface area contributed by atoms with Gasteiger partial charge in [-0.15, -0.1) is 10.2 Å². The number of amides is 1.